The van der Waals surface area contributed by atoms with Gasteiger partial charge in [-0.3, -0.25) is 4.79 Å². The molecule has 0 aliphatic carbocycles. The molecule has 0 aliphatic rings. The summed E-state index contributed by atoms with van der Waals surface area (Å²) in [5.41, 5.74) is -4.44. The van der Waals surface area contributed by atoms with E-state index in [0.717, 1.165) is 6.92 Å². The van der Waals surface area contributed by atoms with E-state index in [-0.39, 0.29) is 0 Å². The lowest BCUT2D eigenvalue weighted by Crippen LogP contribution is -2.30. The van der Waals surface area contributed by atoms with Crippen molar-refractivity contribution >= 4 is 17.9 Å². The molecule has 0 rings (SSSR count). The Morgan fingerprint density at radius 2 is 2.09 bits per heavy atom. The number of nitrogens with one attached hydrogen (secondary N) is 1. The number of halogens is 3. The van der Waals surface area contributed by atoms with E-state index in [1.54, 1.807) is 4.72 Å². The normalized spacial score (nSPS) is 14.5. The van der Waals surface area contributed by atoms with Crippen molar-refractivity contribution in [3.8, 4) is 0 Å². The van der Waals surface area contributed by atoms with Crippen LogP contribution in [0.15, 0.2) is 0 Å². The van der Waals surface area contributed by atoms with Crippen molar-refractivity contribution < 1.29 is 23.1 Å². The molecule has 0 saturated carbocycles. The molecule has 0 aromatic carbocycles. The SMILES string of the molecule is CC(NSC(F)(F)F)C(=O)O. The van der Waals surface area contributed by atoms with Crippen LogP contribution >= 0.6 is 11.9 Å². The molecular weight excluding hydrogens is 183 g/mol. The molecule has 0 radical (unpaired) electrons. The standard InChI is InChI=1S/C4H6F3NO2S/c1-2(3(9)10)8-11-4(5,6)7/h2,8H,1H3,(H,9,10). The molecule has 66 valence electrons. The fraction of sp³-hybridized carbons (Fsp3) is 0.750. The van der Waals surface area contributed by atoms with Crippen molar-refractivity contribution in [3.63, 3.8) is 0 Å². The molecule has 1 unspecified atom stereocenters. The van der Waals surface area contributed by atoms with Gasteiger partial charge < -0.3 is 5.11 Å². The van der Waals surface area contributed by atoms with Gasteiger partial charge in [0.25, 0.3) is 0 Å². The summed E-state index contributed by atoms with van der Waals surface area (Å²) in [5, 5.41) is 8.14. The number of carboxylic acids is 1. The van der Waals surface area contributed by atoms with Crippen molar-refractivity contribution in [2.45, 2.75) is 18.5 Å². The van der Waals surface area contributed by atoms with Gasteiger partial charge in [-0.2, -0.15) is 13.2 Å². The molecule has 7 heteroatoms. The Morgan fingerprint density at radius 1 is 1.64 bits per heavy atom. The summed E-state index contributed by atoms with van der Waals surface area (Å²) in [6.07, 6.45) is 0. The Bertz CT molecular complexity index is 149. The fourth-order valence-corrected chi connectivity index (χ4v) is 0.617. The van der Waals surface area contributed by atoms with Crippen LogP contribution in [0.5, 0.6) is 0 Å². The summed E-state index contributed by atoms with van der Waals surface area (Å²) in [6.45, 7) is 1.13. The van der Waals surface area contributed by atoms with E-state index in [4.69, 9.17) is 5.11 Å². The second kappa shape index (κ2) is 3.82. The highest BCUT2D eigenvalue weighted by molar-refractivity contribution is 7.98. The van der Waals surface area contributed by atoms with E-state index in [2.05, 4.69) is 0 Å². The maximum Gasteiger partial charge on any atom is 0.456 e. The van der Waals surface area contributed by atoms with Gasteiger partial charge in [0.1, 0.15) is 6.04 Å². The number of hydrogen-bond acceptors (Lipinski definition) is 3. The first-order valence-corrected chi connectivity index (χ1v) is 3.37. The van der Waals surface area contributed by atoms with Crippen LogP contribution < -0.4 is 4.72 Å². The smallest absolute Gasteiger partial charge is 0.456 e. The number of aliphatic carboxylic acids is 1. The third-order valence-electron chi connectivity index (χ3n) is 0.722. The topological polar surface area (TPSA) is 49.3 Å². The quantitative estimate of drug-likeness (QED) is 0.655. The lowest BCUT2D eigenvalue weighted by Gasteiger charge is -2.09. The van der Waals surface area contributed by atoms with E-state index in [1.165, 1.54) is 0 Å². The molecule has 0 amide bonds. The first kappa shape index (κ1) is 10.6. The monoisotopic (exact) mass is 189 g/mol. The van der Waals surface area contributed by atoms with Gasteiger partial charge in [0.05, 0.1) is 0 Å². The van der Waals surface area contributed by atoms with Crippen molar-refractivity contribution in [2.75, 3.05) is 0 Å². The van der Waals surface area contributed by atoms with Gasteiger partial charge >= 0.3 is 11.5 Å². The first-order chi connectivity index (χ1) is 4.83. The molecule has 0 fully saturated rings. The molecule has 0 aromatic rings. The number of hydrogen-bond donors (Lipinski definition) is 2. The molecule has 0 heterocycles. The van der Waals surface area contributed by atoms with Gasteiger partial charge in [-0.1, -0.05) is 0 Å². The van der Waals surface area contributed by atoms with Gasteiger partial charge in [0, 0.05) is 11.9 Å². The van der Waals surface area contributed by atoms with Gasteiger partial charge in [-0.05, 0) is 6.92 Å². The lowest BCUT2D eigenvalue weighted by atomic mass is 10.4. The van der Waals surface area contributed by atoms with Crippen molar-refractivity contribution in [2.24, 2.45) is 0 Å². The minimum absolute atomic E-state index is 0.561. The second-order valence-electron chi connectivity index (χ2n) is 1.73. The highest BCUT2D eigenvalue weighted by atomic mass is 32.2. The second-order valence-corrected chi connectivity index (χ2v) is 2.63. The molecule has 0 saturated heterocycles. The van der Waals surface area contributed by atoms with E-state index in [1.807, 2.05) is 0 Å². The first-order valence-electron chi connectivity index (χ1n) is 2.56. The highest BCUT2D eigenvalue weighted by Gasteiger charge is 2.30. The molecule has 0 aromatic heterocycles. The molecule has 0 spiro atoms. The fourth-order valence-electron chi connectivity index (χ4n) is 0.206. The Kier molecular flexibility index (Phi) is 3.67. The van der Waals surface area contributed by atoms with E-state index >= 15 is 0 Å². The Balaban J connectivity index is 3.63. The van der Waals surface area contributed by atoms with Crippen LogP contribution in [0.25, 0.3) is 0 Å². The average molecular weight is 189 g/mol. The van der Waals surface area contributed by atoms with Crippen LogP contribution in [0.1, 0.15) is 6.92 Å². The molecule has 2 N–H and O–H groups in total. The summed E-state index contributed by atoms with van der Waals surface area (Å²) in [4.78, 5) is 9.97. The molecule has 1 atom stereocenters. The van der Waals surface area contributed by atoms with Crippen LogP contribution in [-0.2, 0) is 4.79 Å². The Hall–Kier alpha value is -0.430. The third kappa shape index (κ3) is 5.99. The molecule has 11 heavy (non-hydrogen) atoms. The van der Waals surface area contributed by atoms with Gasteiger partial charge in [-0.15, -0.1) is 0 Å². The minimum Gasteiger partial charge on any atom is -0.480 e. The van der Waals surface area contributed by atoms with Crippen LogP contribution in [-0.4, -0.2) is 22.6 Å². The van der Waals surface area contributed by atoms with Gasteiger partial charge in [0.15, 0.2) is 0 Å². The number of carbonyl (C=O) groups is 1. The maximum atomic E-state index is 11.4. The predicted octanol–water partition coefficient (Wildman–Crippen LogP) is 1.22. The van der Waals surface area contributed by atoms with Crippen molar-refractivity contribution in [1.29, 1.82) is 0 Å². The minimum atomic E-state index is -4.44. The lowest BCUT2D eigenvalue weighted by molar-refractivity contribution is -0.138. The summed E-state index contributed by atoms with van der Waals surface area (Å²) in [6, 6.07) is -1.21. The van der Waals surface area contributed by atoms with Crippen molar-refractivity contribution in [1.82, 2.24) is 4.72 Å². The Labute approximate surface area is 65.1 Å². The zero-order valence-electron chi connectivity index (χ0n) is 5.47. The number of rotatable bonds is 3. The predicted molar refractivity (Wildman–Crippen MR) is 33.9 cm³/mol. The average Bonchev–Trinajstić information content (AvgIpc) is 1.80. The van der Waals surface area contributed by atoms with Crippen LogP contribution in [0.4, 0.5) is 13.2 Å². The van der Waals surface area contributed by atoms with Gasteiger partial charge in [-0.25, -0.2) is 4.72 Å². The van der Waals surface area contributed by atoms with Gasteiger partial charge in [0.2, 0.25) is 0 Å². The van der Waals surface area contributed by atoms with E-state index in [0.29, 0.717) is 0 Å². The van der Waals surface area contributed by atoms with Crippen molar-refractivity contribution in [3.05, 3.63) is 0 Å². The molecule has 0 bridgehead atoms. The summed E-state index contributed by atoms with van der Waals surface area (Å²) in [5.74, 6) is -1.32. The molecule has 3 nitrogen and oxygen atoms in total. The zero-order valence-corrected chi connectivity index (χ0v) is 6.29. The van der Waals surface area contributed by atoms with Crippen LogP contribution in [0.2, 0.25) is 0 Å². The van der Waals surface area contributed by atoms with E-state index in [9.17, 15) is 18.0 Å². The zero-order chi connectivity index (χ0) is 9.07. The number of alkyl halides is 3. The van der Waals surface area contributed by atoms with Crippen LogP contribution in [0.3, 0.4) is 0 Å². The van der Waals surface area contributed by atoms with Crippen LogP contribution in [0, 0.1) is 0 Å². The Morgan fingerprint density at radius 3 is 2.36 bits per heavy atom. The molecular formula is C4H6F3NO2S. The largest absolute Gasteiger partial charge is 0.480 e. The summed E-state index contributed by atoms with van der Waals surface area (Å²) < 4.78 is 35.9. The third-order valence-corrected chi connectivity index (χ3v) is 1.42. The number of carboxylic acid groups (broad SMARTS) is 1. The van der Waals surface area contributed by atoms with E-state index < -0.39 is 29.5 Å². The summed E-state index contributed by atoms with van der Waals surface area (Å²) in [7, 11) is 0. The highest BCUT2D eigenvalue weighted by Crippen LogP contribution is 2.27. The maximum absolute atomic E-state index is 11.4. The summed E-state index contributed by atoms with van der Waals surface area (Å²) >= 11 is -0.561. The molecule has 0 aliphatic heterocycles.